The van der Waals surface area contributed by atoms with Gasteiger partial charge in [-0.1, -0.05) is 6.92 Å². The SMILES string of the molecule is CCSCc1nc(-c2cn[nH]c2C)nn1-c1ccnn1C. The molecule has 110 valence electrons. The molecule has 7 nitrogen and oxygen atoms in total. The van der Waals surface area contributed by atoms with Crippen LogP contribution in [0.1, 0.15) is 18.4 Å². The molecule has 21 heavy (non-hydrogen) atoms. The second-order valence-electron chi connectivity index (χ2n) is 4.62. The molecule has 0 amide bonds. The van der Waals surface area contributed by atoms with E-state index in [4.69, 9.17) is 0 Å². The average Bonchev–Trinajstić information content (AvgIpc) is 3.16. The number of H-pyrrole nitrogens is 1. The van der Waals surface area contributed by atoms with Gasteiger partial charge >= 0.3 is 0 Å². The highest BCUT2D eigenvalue weighted by Crippen LogP contribution is 2.22. The fourth-order valence-corrected chi connectivity index (χ4v) is 2.65. The first kappa shape index (κ1) is 13.9. The van der Waals surface area contributed by atoms with Gasteiger partial charge in [0, 0.05) is 18.8 Å². The van der Waals surface area contributed by atoms with Crippen LogP contribution in [0.25, 0.3) is 17.2 Å². The standard InChI is InChI=1S/C13H17N7S/c1-4-21-8-11-16-13(10-7-14-17-9(10)2)18-20(11)12-5-6-15-19(12)3/h5-7H,4,8H2,1-3H3,(H,14,17). The zero-order valence-electron chi connectivity index (χ0n) is 12.2. The van der Waals surface area contributed by atoms with E-state index in [1.807, 2.05) is 36.5 Å². The monoisotopic (exact) mass is 303 g/mol. The van der Waals surface area contributed by atoms with Crippen LogP contribution in [0.3, 0.4) is 0 Å². The molecule has 0 fully saturated rings. The quantitative estimate of drug-likeness (QED) is 0.779. The maximum absolute atomic E-state index is 4.68. The number of nitrogens with zero attached hydrogens (tertiary/aromatic N) is 6. The molecule has 0 aliphatic heterocycles. The van der Waals surface area contributed by atoms with E-state index in [0.29, 0.717) is 5.82 Å². The maximum Gasteiger partial charge on any atom is 0.185 e. The van der Waals surface area contributed by atoms with Gasteiger partial charge in [-0.3, -0.25) is 9.78 Å². The zero-order valence-corrected chi connectivity index (χ0v) is 13.1. The van der Waals surface area contributed by atoms with Gasteiger partial charge in [0.2, 0.25) is 0 Å². The van der Waals surface area contributed by atoms with Gasteiger partial charge in [-0.05, 0) is 12.7 Å². The Morgan fingerprint density at radius 1 is 1.38 bits per heavy atom. The van der Waals surface area contributed by atoms with Crippen molar-refractivity contribution in [2.45, 2.75) is 19.6 Å². The van der Waals surface area contributed by atoms with Gasteiger partial charge < -0.3 is 0 Å². The lowest BCUT2D eigenvalue weighted by molar-refractivity contribution is 0.686. The van der Waals surface area contributed by atoms with E-state index in [0.717, 1.165) is 34.4 Å². The highest BCUT2D eigenvalue weighted by atomic mass is 32.2. The molecule has 1 N–H and O–H groups in total. The molecule has 0 aliphatic rings. The van der Waals surface area contributed by atoms with Crippen molar-refractivity contribution in [1.29, 1.82) is 0 Å². The lowest BCUT2D eigenvalue weighted by Gasteiger charge is -2.04. The van der Waals surface area contributed by atoms with E-state index < -0.39 is 0 Å². The van der Waals surface area contributed by atoms with E-state index in [1.165, 1.54) is 0 Å². The molecule has 0 saturated carbocycles. The van der Waals surface area contributed by atoms with Gasteiger partial charge in [-0.25, -0.2) is 4.98 Å². The van der Waals surface area contributed by atoms with Crippen molar-refractivity contribution in [1.82, 2.24) is 34.7 Å². The van der Waals surface area contributed by atoms with Gasteiger partial charge in [0.1, 0.15) is 5.82 Å². The third-order valence-corrected chi connectivity index (χ3v) is 4.06. The predicted octanol–water partition coefficient (Wildman–Crippen LogP) is 1.95. The first-order valence-electron chi connectivity index (χ1n) is 6.73. The molecule has 0 saturated heterocycles. The molecule has 0 radical (unpaired) electrons. The smallest absolute Gasteiger partial charge is 0.185 e. The predicted molar refractivity (Wildman–Crippen MR) is 82.3 cm³/mol. The minimum Gasteiger partial charge on any atom is -0.282 e. The highest BCUT2D eigenvalue weighted by molar-refractivity contribution is 7.98. The molecule has 8 heteroatoms. The second-order valence-corrected chi connectivity index (χ2v) is 5.90. The largest absolute Gasteiger partial charge is 0.282 e. The fourth-order valence-electron chi connectivity index (χ4n) is 2.08. The van der Waals surface area contributed by atoms with Crippen molar-refractivity contribution in [3.63, 3.8) is 0 Å². The normalized spacial score (nSPS) is 11.2. The number of aryl methyl sites for hydroxylation is 2. The topological polar surface area (TPSA) is 77.2 Å². The maximum atomic E-state index is 4.68. The van der Waals surface area contributed by atoms with E-state index >= 15 is 0 Å². The molecule has 0 aromatic carbocycles. The minimum absolute atomic E-state index is 0.689. The van der Waals surface area contributed by atoms with Crippen molar-refractivity contribution >= 4 is 11.8 Å². The van der Waals surface area contributed by atoms with Crippen molar-refractivity contribution in [2.24, 2.45) is 7.05 Å². The Morgan fingerprint density at radius 3 is 2.86 bits per heavy atom. The molecule has 0 atom stereocenters. The molecule has 3 heterocycles. The van der Waals surface area contributed by atoms with Gasteiger partial charge in [-0.2, -0.15) is 26.6 Å². The summed E-state index contributed by atoms with van der Waals surface area (Å²) >= 11 is 1.82. The molecule has 0 unspecified atom stereocenters. The number of hydrogen-bond donors (Lipinski definition) is 1. The molecule has 0 aliphatic carbocycles. The van der Waals surface area contributed by atoms with Crippen LogP contribution < -0.4 is 0 Å². The summed E-state index contributed by atoms with van der Waals surface area (Å²) in [5.41, 5.74) is 1.89. The van der Waals surface area contributed by atoms with Crippen molar-refractivity contribution in [3.8, 4) is 17.2 Å². The van der Waals surface area contributed by atoms with Crippen LogP contribution in [0.15, 0.2) is 18.5 Å². The highest BCUT2D eigenvalue weighted by Gasteiger charge is 2.17. The number of aromatic amines is 1. The molecule has 3 aromatic heterocycles. The summed E-state index contributed by atoms with van der Waals surface area (Å²) in [5, 5.41) is 15.8. The van der Waals surface area contributed by atoms with Gasteiger partial charge in [0.25, 0.3) is 0 Å². The van der Waals surface area contributed by atoms with Crippen molar-refractivity contribution in [3.05, 3.63) is 30.0 Å². The van der Waals surface area contributed by atoms with Crippen LogP contribution in [-0.4, -0.2) is 40.5 Å². The molecule has 3 aromatic rings. The second kappa shape index (κ2) is 5.72. The Labute approximate surface area is 126 Å². The van der Waals surface area contributed by atoms with Crippen molar-refractivity contribution in [2.75, 3.05) is 5.75 Å². The summed E-state index contributed by atoms with van der Waals surface area (Å²) < 4.78 is 3.65. The number of hydrogen-bond acceptors (Lipinski definition) is 5. The Hall–Kier alpha value is -2.09. The van der Waals surface area contributed by atoms with Crippen LogP contribution in [0.5, 0.6) is 0 Å². The van der Waals surface area contributed by atoms with Crippen LogP contribution >= 0.6 is 11.8 Å². The summed E-state index contributed by atoms with van der Waals surface area (Å²) in [6.07, 6.45) is 3.52. The van der Waals surface area contributed by atoms with Gasteiger partial charge in [-0.15, -0.1) is 5.10 Å². The van der Waals surface area contributed by atoms with E-state index in [-0.39, 0.29) is 0 Å². The third-order valence-electron chi connectivity index (χ3n) is 3.19. The summed E-state index contributed by atoms with van der Waals surface area (Å²) in [4.78, 5) is 4.68. The Balaban J connectivity index is 2.07. The lowest BCUT2D eigenvalue weighted by atomic mass is 10.2. The lowest BCUT2D eigenvalue weighted by Crippen LogP contribution is -2.08. The van der Waals surface area contributed by atoms with Crippen LogP contribution in [0.4, 0.5) is 0 Å². The van der Waals surface area contributed by atoms with E-state index in [1.54, 1.807) is 17.1 Å². The van der Waals surface area contributed by atoms with Crippen molar-refractivity contribution < 1.29 is 0 Å². The Morgan fingerprint density at radius 2 is 2.24 bits per heavy atom. The Kier molecular flexibility index (Phi) is 3.78. The first-order valence-corrected chi connectivity index (χ1v) is 7.88. The molecular formula is C13H17N7S. The summed E-state index contributed by atoms with van der Waals surface area (Å²) in [6.45, 7) is 4.10. The summed E-state index contributed by atoms with van der Waals surface area (Å²) in [6, 6.07) is 1.93. The molecule has 3 rings (SSSR count). The summed E-state index contributed by atoms with van der Waals surface area (Å²) in [7, 11) is 1.90. The fraction of sp³-hybridized carbons (Fsp3) is 0.385. The average molecular weight is 303 g/mol. The van der Waals surface area contributed by atoms with Crippen LogP contribution in [-0.2, 0) is 12.8 Å². The first-order chi connectivity index (χ1) is 10.2. The zero-order chi connectivity index (χ0) is 14.8. The number of aromatic nitrogens is 7. The van der Waals surface area contributed by atoms with Crippen LogP contribution in [0.2, 0.25) is 0 Å². The number of nitrogens with one attached hydrogen (secondary N) is 1. The van der Waals surface area contributed by atoms with E-state index in [9.17, 15) is 0 Å². The molecular weight excluding hydrogens is 286 g/mol. The van der Waals surface area contributed by atoms with Crippen LogP contribution in [0, 0.1) is 6.92 Å². The molecule has 0 bridgehead atoms. The third kappa shape index (κ3) is 2.58. The number of rotatable bonds is 5. The van der Waals surface area contributed by atoms with Gasteiger partial charge in [0.05, 0.1) is 23.7 Å². The Bertz CT molecular complexity index is 739. The summed E-state index contributed by atoms with van der Waals surface area (Å²) in [5.74, 6) is 4.36. The van der Waals surface area contributed by atoms with E-state index in [2.05, 4.69) is 32.3 Å². The van der Waals surface area contributed by atoms with Gasteiger partial charge in [0.15, 0.2) is 11.6 Å². The molecule has 0 spiro atoms. The number of thioether (sulfide) groups is 1. The minimum atomic E-state index is 0.689.